The van der Waals surface area contributed by atoms with Crippen LogP contribution in [-0.4, -0.2) is 35.0 Å². The summed E-state index contributed by atoms with van der Waals surface area (Å²) in [5, 5.41) is 3.12. The summed E-state index contributed by atoms with van der Waals surface area (Å²) in [6, 6.07) is 2.03. The van der Waals surface area contributed by atoms with Gasteiger partial charge in [0.25, 0.3) is 5.91 Å². The maximum absolute atomic E-state index is 12.4. The fourth-order valence-electron chi connectivity index (χ4n) is 3.34. The normalized spacial score (nSPS) is 20.9. The van der Waals surface area contributed by atoms with Crippen molar-refractivity contribution in [1.82, 2.24) is 15.3 Å². The number of rotatable bonds is 3. The predicted molar refractivity (Wildman–Crippen MR) is 87.0 cm³/mol. The molecule has 1 aromatic heterocycles. The Kier molecular flexibility index (Phi) is 4.90. The Bertz CT molecular complexity index is 505. The van der Waals surface area contributed by atoms with Gasteiger partial charge in [0.2, 0.25) is 5.95 Å². The van der Waals surface area contributed by atoms with Crippen molar-refractivity contribution in [2.24, 2.45) is 5.92 Å². The van der Waals surface area contributed by atoms with E-state index in [0.29, 0.717) is 17.7 Å². The first-order valence-electron chi connectivity index (χ1n) is 8.61. The summed E-state index contributed by atoms with van der Waals surface area (Å²) in [5.41, 5.74) is 0.495. The molecule has 0 unspecified atom stereocenters. The molecule has 1 amide bonds. The molecule has 22 heavy (non-hydrogen) atoms. The maximum atomic E-state index is 12.4. The van der Waals surface area contributed by atoms with Crippen LogP contribution in [0.3, 0.4) is 0 Å². The van der Waals surface area contributed by atoms with Crippen LogP contribution in [0.5, 0.6) is 0 Å². The largest absolute Gasteiger partial charge is 0.348 e. The van der Waals surface area contributed by atoms with Crippen molar-refractivity contribution < 1.29 is 4.79 Å². The highest BCUT2D eigenvalue weighted by atomic mass is 16.1. The number of carbonyl (C=O) groups is 1. The first-order chi connectivity index (χ1) is 10.7. The number of hydrogen-bond donors (Lipinski definition) is 1. The zero-order chi connectivity index (χ0) is 15.4. The van der Waals surface area contributed by atoms with Crippen LogP contribution in [0.2, 0.25) is 0 Å². The highest BCUT2D eigenvalue weighted by Gasteiger charge is 2.21. The Hall–Kier alpha value is -1.65. The van der Waals surface area contributed by atoms with Crippen LogP contribution in [0.1, 0.15) is 62.4 Å². The third kappa shape index (κ3) is 3.76. The Labute approximate surface area is 132 Å². The summed E-state index contributed by atoms with van der Waals surface area (Å²) in [5.74, 6) is 1.41. The number of aromatic nitrogens is 2. The topological polar surface area (TPSA) is 58.1 Å². The lowest BCUT2D eigenvalue weighted by molar-refractivity contribution is 0.0922. The van der Waals surface area contributed by atoms with Gasteiger partial charge in [0.15, 0.2) is 0 Å². The van der Waals surface area contributed by atoms with Crippen LogP contribution in [0.25, 0.3) is 0 Å². The van der Waals surface area contributed by atoms with Gasteiger partial charge in [-0.3, -0.25) is 4.79 Å². The summed E-state index contributed by atoms with van der Waals surface area (Å²) in [6.07, 6.45) is 9.94. The van der Waals surface area contributed by atoms with Crippen molar-refractivity contribution in [3.8, 4) is 0 Å². The first-order valence-corrected chi connectivity index (χ1v) is 8.61. The van der Waals surface area contributed by atoms with Gasteiger partial charge in [-0.1, -0.05) is 26.2 Å². The molecule has 5 nitrogen and oxygen atoms in total. The highest BCUT2D eigenvalue weighted by molar-refractivity contribution is 5.92. The van der Waals surface area contributed by atoms with Crippen LogP contribution in [0.15, 0.2) is 12.3 Å². The van der Waals surface area contributed by atoms with Crippen molar-refractivity contribution in [3.05, 3.63) is 18.0 Å². The number of carbonyl (C=O) groups excluding carboxylic acids is 1. The second-order valence-corrected chi connectivity index (χ2v) is 6.72. The predicted octanol–water partition coefficient (Wildman–Crippen LogP) is 2.78. The minimum Gasteiger partial charge on any atom is -0.348 e. The molecule has 0 aromatic carbocycles. The van der Waals surface area contributed by atoms with Crippen LogP contribution < -0.4 is 10.2 Å². The molecule has 2 aliphatic rings. The van der Waals surface area contributed by atoms with E-state index in [4.69, 9.17) is 0 Å². The van der Waals surface area contributed by atoms with Crippen LogP contribution in [0.4, 0.5) is 5.95 Å². The van der Waals surface area contributed by atoms with E-state index in [1.807, 2.05) is 0 Å². The molecule has 0 bridgehead atoms. The van der Waals surface area contributed by atoms with E-state index >= 15 is 0 Å². The smallest absolute Gasteiger partial charge is 0.270 e. The highest BCUT2D eigenvalue weighted by Crippen LogP contribution is 2.20. The number of hydrogen-bond acceptors (Lipinski definition) is 4. The second-order valence-electron chi connectivity index (χ2n) is 6.72. The molecule has 2 heterocycles. The molecule has 1 aliphatic carbocycles. The van der Waals surface area contributed by atoms with Crippen molar-refractivity contribution in [3.63, 3.8) is 0 Å². The van der Waals surface area contributed by atoms with E-state index in [1.54, 1.807) is 12.3 Å². The SMILES string of the molecule is CC1CCN(c2nccc(C(=O)NC3CCCCC3)n2)CC1. The second kappa shape index (κ2) is 7.07. The van der Waals surface area contributed by atoms with Gasteiger partial charge < -0.3 is 10.2 Å². The summed E-state index contributed by atoms with van der Waals surface area (Å²) in [7, 11) is 0. The lowest BCUT2D eigenvalue weighted by Gasteiger charge is -2.30. The summed E-state index contributed by atoms with van der Waals surface area (Å²) >= 11 is 0. The van der Waals surface area contributed by atoms with Gasteiger partial charge >= 0.3 is 0 Å². The number of anilines is 1. The molecule has 1 saturated carbocycles. The van der Waals surface area contributed by atoms with E-state index in [2.05, 4.69) is 27.1 Å². The van der Waals surface area contributed by atoms with Gasteiger partial charge in [-0.05, 0) is 37.7 Å². The van der Waals surface area contributed by atoms with Crippen molar-refractivity contribution in [2.45, 2.75) is 57.9 Å². The summed E-state index contributed by atoms with van der Waals surface area (Å²) in [4.78, 5) is 23.4. The van der Waals surface area contributed by atoms with Gasteiger partial charge in [-0.15, -0.1) is 0 Å². The Morgan fingerprint density at radius 2 is 1.91 bits per heavy atom. The molecule has 0 radical (unpaired) electrons. The molecule has 2 fully saturated rings. The maximum Gasteiger partial charge on any atom is 0.270 e. The molecule has 1 saturated heterocycles. The average Bonchev–Trinajstić information content (AvgIpc) is 2.56. The van der Waals surface area contributed by atoms with E-state index in [1.165, 1.54) is 32.1 Å². The number of nitrogens with zero attached hydrogens (tertiary/aromatic N) is 3. The number of piperidine rings is 1. The molecule has 1 N–H and O–H groups in total. The van der Waals surface area contributed by atoms with Gasteiger partial charge in [0.05, 0.1) is 0 Å². The van der Waals surface area contributed by atoms with Crippen LogP contribution in [-0.2, 0) is 0 Å². The quantitative estimate of drug-likeness (QED) is 0.933. The summed E-state index contributed by atoms with van der Waals surface area (Å²) < 4.78 is 0. The van der Waals surface area contributed by atoms with Crippen molar-refractivity contribution in [1.29, 1.82) is 0 Å². The lowest BCUT2D eigenvalue weighted by Crippen LogP contribution is -2.37. The van der Waals surface area contributed by atoms with Gasteiger partial charge in [-0.25, -0.2) is 9.97 Å². The monoisotopic (exact) mass is 302 g/mol. The van der Waals surface area contributed by atoms with E-state index < -0.39 is 0 Å². The Balaban J connectivity index is 1.63. The Morgan fingerprint density at radius 1 is 1.18 bits per heavy atom. The standard InChI is InChI=1S/C17H26N4O/c1-13-8-11-21(12-9-13)17-18-10-7-15(20-17)16(22)19-14-5-3-2-4-6-14/h7,10,13-14H,2-6,8-9,11-12H2,1H3,(H,19,22). The van der Waals surface area contributed by atoms with Gasteiger partial charge in [0, 0.05) is 25.3 Å². The molecule has 5 heteroatoms. The third-order valence-electron chi connectivity index (χ3n) is 4.88. The van der Waals surface area contributed by atoms with Crippen molar-refractivity contribution in [2.75, 3.05) is 18.0 Å². The molecule has 0 atom stereocenters. The first kappa shape index (κ1) is 15.3. The number of nitrogens with one attached hydrogen (secondary N) is 1. The average molecular weight is 302 g/mol. The number of amides is 1. The lowest BCUT2D eigenvalue weighted by atomic mass is 9.95. The van der Waals surface area contributed by atoms with E-state index in [9.17, 15) is 4.79 Å². The fourth-order valence-corrected chi connectivity index (χ4v) is 3.34. The zero-order valence-corrected chi connectivity index (χ0v) is 13.4. The minimum absolute atomic E-state index is 0.0547. The molecule has 1 aliphatic heterocycles. The van der Waals surface area contributed by atoms with Gasteiger partial charge in [0.1, 0.15) is 5.69 Å². The van der Waals surface area contributed by atoms with E-state index in [0.717, 1.165) is 31.8 Å². The third-order valence-corrected chi connectivity index (χ3v) is 4.88. The fraction of sp³-hybridized carbons (Fsp3) is 0.706. The summed E-state index contributed by atoms with van der Waals surface area (Å²) in [6.45, 7) is 4.25. The molecule has 3 rings (SSSR count). The molecular formula is C17H26N4O. The van der Waals surface area contributed by atoms with E-state index in [-0.39, 0.29) is 5.91 Å². The minimum atomic E-state index is -0.0547. The molecule has 0 spiro atoms. The van der Waals surface area contributed by atoms with Crippen molar-refractivity contribution >= 4 is 11.9 Å². The molecule has 1 aromatic rings. The van der Waals surface area contributed by atoms with Crippen LogP contribution in [0, 0.1) is 5.92 Å². The zero-order valence-electron chi connectivity index (χ0n) is 13.4. The molecule has 120 valence electrons. The molecular weight excluding hydrogens is 276 g/mol. The Morgan fingerprint density at radius 3 is 2.64 bits per heavy atom. The van der Waals surface area contributed by atoms with Crippen LogP contribution >= 0.6 is 0 Å². The van der Waals surface area contributed by atoms with Gasteiger partial charge in [-0.2, -0.15) is 0 Å².